The van der Waals surface area contributed by atoms with Crippen LogP contribution in [0.1, 0.15) is 48.2 Å². The van der Waals surface area contributed by atoms with Crippen LogP contribution < -0.4 is 5.32 Å². The second-order valence-electron chi connectivity index (χ2n) is 4.04. The molecule has 3 nitrogen and oxygen atoms in total. The summed E-state index contributed by atoms with van der Waals surface area (Å²) < 4.78 is 3.94. The molecule has 0 aliphatic heterocycles. The lowest BCUT2D eigenvalue weighted by Gasteiger charge is -2.15. The number of nitrogens with zero attached hydrogens (tertiary/aromatic N) is 1. The molecular formula is C11H16N2OS. The Kier molecular flexibility index (Phi) is 3.72. The van der Waals surface area contributed by atoms with Gasteiger partial charge < -0.3 is 5.32 Å². The van der Waals surface area contributed by atoms with E-state index in [1.807, 2.05) is 0 Å². The Morgan fingerprint density at radius 2 is 2.07 bits per heavy atom. The topological polar surface area (TPSA) is 42.0 Å². The Labute approximate surface area is 94.1 Å². The molecule has 1 saturated carbocycles. The van der Waals surface area contributed by atoms with Crippen molar-refractivity contribution in [3.05, 3.63) is 17.1 Å². The van der Waals surface area contributed by atoms with Crippen molar-refractivity contribution in [3.63, 3.8) is 0 Å². The van der Waals surface area contributed by atoms with Crippen molar-refractivity contribution >= 4 is 17.4 Å². The van der Waals surface area contributed by atoms with E-state index in [0.29, 0.717) is 6.04 Å². The van der Waals surface area contributed by atoms with E-state index in [0.717, 1.165) is 17.7 Å². The third kappa shape index (κ3) is 3.02. The maximum atomic E-state index is 11.7. The molecule has 15 heavy (non-hydrogen) atoms. The number of nitrogens with one attached hydrogen (secondary N) is 1. The summed E-state index contributed by atoms with van der Waals surface area (Å²) in [4.78, 5) is 12.5. The second kappa shape index (κ2) is 5.26. The molecular weight excluding hydrogens is 208 g/mol. The molecule has 0 unspecified atom stereocenters. The van der Waals surface area contributed by atoms with E-state index in [9.17, 15) is 4.79 Å². The lowest BCUT2D eigenvalue weighted by Crippen LogP contribution is -2.33. The van der Waals surface area contributed by atoms with Crippen LogP contribution in [0.3, 0.4) is 0 Å². The molecule has 82 valence electrons. The minimum Gasteiger partial charge on any atom is -0.349 e. The predicted octanol–water partition coefficient (Wildman–Crippen LogP) is 2.60. The first-order valence-electron chi connectivity index (χ1n) is 5.58. The molecule has 1 aliphatic rings. The fraction of sp³-hybridized carbons (Fsp3) is 0.636. The molecule has 2 rings (SSSR count). The minimum absolute atomic E-state index is 0.0457. The number of aromatic nitrogens is 1. The number of hydrogen-bond donors (Lipinski definition) is 1. The molecule has 0 saturated heterocycles. The van der Waals surface area contributed by atoms with E-state index in [2.05, 4.69) is 9.69 Å². The van der Waals surface area contributed by atoms with Crippen LogP contribution in [0.4, 0.5) is 0 Å². The highest BCUT2D eigenvalue weighted by Gasteiger charge is 2.16. The molecule has 1 fully saturated rings. The van der Waals surface area contributed by atoms with E-state index in [1.54, 1.807) is 12.3 Å². The smallest absolute Gasteiger partial charge is 0.263 e. The second-order valence-corrected chi connectivity index (χ2v) is 4.87. The van der Waals surface area contributed by atoms with E-state index in [1.165, 1.54) is 37.2 Å². The van der Waals surface area contributed by atoms with Crippen molar-refractivity contribution < 1.29 is 4.79 Å². The fourth-order valence-corrected chi connectivity index (χ4v) is 2.51. The van der Waals surface area contributed by atoms with Gasteiger partial charge in [-0.3, -0.25) is 4.79 Å². The summed E-state index contributed by atoms with van der Waals surface area (Å²) in [7, 11) is 0. The van der Waals surface area contributed by atoms with Gasteiger partial charge in [-0.25, -0.2) is 4.37 Å². The number of rotatable bonds is 2. The van der Waals surface area contributed by atoms with Gasteiger partial charge in [0.2, 0.25) is 0 Å². The van der Waals surface area contributed by atoms with Gasteiger partial charge >= 0.3 is 0 Å². The van der Waals surface area contributed by atoms with Crippen molar-refractivity contribution in [3.8, 4) is 0 Å². The zero-order valence-corrected chi connectivity index (χ0v) is 9.55. The summed E-state index contributed by atoms with van der Waals surface area (Å²) >= 11 is 1.26. The summed E-state index contributed by atoms with van der Waals surface area (Å²) in [6, 6.07) is 2.15. The van der Waals surface area contributed by atoms with Crippen molar-refractivity contribution in [1.82, 2.24) is 9.69 Å². The van der Waals surface area contributed by atoms with Crippen molar-refractivity contribution in [1.29, 1.82) is 0 Å². The lowest BCUT2D eigenvalue weighted by molar-refractivity contribution is 0.0937. The SMILES string of the molecule is O=C(NC1CCCCCC1)c1ccns1. The molecule has 1 aliphatic carbocycles. The highest BCUT2D eigenvalue weighted by atomic mass is 32.1. The van der Waals surface area contributed by atoms with Gasteiger partial charge in [-0.05, 0) is 30.4 Å². The summed E-state index contributed by atoms with van der Waals surface area (Å²) in [6.07, 6.45) is 9.04. The van der Waals surface area contributed by atoms with Gasteiger partial charge in [-0.2, -0.15) is 0 Å². The van der Waals surface area contributed by atoms with E-state index < -0.39 is 0 Å². The average molecular weight is 224 g/mol. The van der Waals surface area contributed by atoms with Gasteiger partial charge in [-0.1, -0.05) is 25.7 Å². The Morgan fingerprint density at radius 3 is 2.67 bits per heavy atom. The molecule has 0 spiro atoms. The standard InChI is InChI=1S/C11H16N2OS/c14-11(10-7-8-12-15-10)13-9-5-3-1-2-4-6-9/h7-9H,1-6H2,(H,13,14). The van der Waals surface area contributed by atoms with Gasteiger partial charge in [0.25, 0.3) is 5.91 Å². The molecule has 0 atom stereocenters. The van der Waals surface area contributed by atoms with Crippen LogP contribution in [0.2, 0.25) is 0 Å². The molecule has 0 bridgehead atoms. The maximum Gasteiger partial charge on any atom is 0.263 e. The fourth-order valence-electron chi connectivity index (χ4n) is 2.01. The normalized spacial score (nSPS) is 18.4. The van der Waals surface area contributed by atoms with E-state index >= 15 is 0 Å². The first-order chi connectivity index (χ1) is 7.36. The number of amides is 1. The highest BCUT2D eigenvalue weighted by Crippen LogP contribution is 2.17. The average Bonchev–Trinajstić information content (AvgIpc) is 2.65. The Bertz CT molecular complexity index is 302. The molecule has 0 aromatic carbocycles. The van der Waals surface area contributed by atoms with Gasteiger partial charge in [0, 0.05) is 12.2 Å². The molecule has 1 amide bonds. The quantitative estimate of drug-likeness (QED) is 0.785. The summed E-state index contributed by atoms with van der Waals surface area (Å²) in [5.74, 6) is 0.0457. The molecule has 4 heteroatoms. The zero-order valence-electron chi connectivity index (χ0n) is 8.74. The molecule has 1 aromatic rings. The molecule has 1 aromatic heterocycles. The largest absolute Gasteiger partial charge is 0.349 e. The predicted molar refractivity (Wildman–Crippen MR) is 61.1 cm³/mol. The highest BCUT2D eigenvalue weighted by molar-refractivity contribution is 7.08. The Balaban J connectivity index is 1.87. The van der Waals surface area contributed by atoms with Crippen LogP contribution in [-0.4, -0.2) is 16.3 Å². The van der Waals surface area contributed by atoms with E-state index in [4.69, 9.17) is 0 Å². The van der Waals surface area contributed by atoms with Crippen molar-refractivity contribution in [2.45, 2.75) is 44.6 Å². The summed E-state index contributed by atoms with van der Waals surface area (Å²) in [5, 5.41) is 3.09. The maximum absolute atomic E-state index is 11.7. The molecule has 1 heterocycles. The minimum atomic E-state index is 0.0457. The van der Waals surface area contributed by atoms with Gasteiger partial charge in [-0.15, -0.1) is 0 Å². The van der Waals surface area contributed by atoms with E-state index in [-0.39, 0.29) is 5.91 Å². The Morgan fingerprint density at radius 1 is 1.33 bits per heavy atom. The zero-order chi connectivity index (χ0) is 10.5. The number of hydrogen-bond acceptors (Lipinski definition) is 3. The first-order valence-corrected chi connectivity index (χ1v) is 6.35. The lowest BCUT2D eigenvalue weighted by atomic mass is 10.1. The number of carbonyl (C=O) groups is 1. The van der Waals surface area contributed by atoms with Crippen LogP contribution in [0.5, 0.6) is 0 Å². The summed E-state index contributed by atoms with van der Waals surface area (Å²) in [5.41, 5.74) is 0. The van der Waals surface area contributed by atoms with Crippen LogP contribution in [-0.2, 0) is 0 Å². The third-order valence-electron chi connectivity index (χ3n) is 2.85. The van der Waals surface area contributed by atoms with Crippen molar-refractivity contribution in [2.75, 3.05) is 0 Å². The van der Waals surface area contributed by atoms with Crippen LogP contribution in [0.15, 0.2) is 12.3 Å². The van der Waals surface area contributed by atoms with Gasteiger partial charge in [0.15, 0.2) is 0 Å². The van der Waals surface area contributed by atoms with Gasteiger partial charge in [0.05, 0.1) is 0 Å². The summed E-state index contributed by atoms with van der Waals surface area (Å²) in [6.45, 7) is 0. The van der Waals surface area contributed by atoms with Gasteiger partial charge in [0.1, 0.15) is 4.88 Å². The van der Waals surface area contributed by atoms with Crippen LogP contribution >= 0.6 is 11.5 Å². The first kappa shape index (κ1) is 10.6. The molecule has 0 radical (unpaired) electrons. The van der Waals surface area contributed by atoms with Crippen LogP contribution in [0.25, 0.3) is 0 Å². The third-order valence-corrected chi connectivity index (χ3v) is 3.60. The number of carbonyl (C=O) groups excluding carboxylic acids is 1. The van der Waals surface area contributed by atoms with Crippen molar-refractivity contribution in [2.24, 2.45) is 0 Å². The Hall–Kier alpha value is -0.900. The molecule has 1 N–H and O–H groups in total. The van der Waals surface area contributed by atoms with Crippen LogP contribution in [0, 0.1) is 0 Å². The monoisotopic (exact) mass is 224 g/mol.